The first kappa shape index (κ1) is 17.0. The lowest BCUT2D eigenvalue weighted by molar-refractivity contribution is -0.870. The second kappa shape index (κ2) is 7.12. The van der Waals surface area contributed by atoms with Crippen molar-refractivity contribution >= 4 is 0 Å². The lowest BCUT2D eigenvalue weighted by atomic mass is 9.88. The summed E-state index contributed by atoms with van der Waals surface area (Å²) in [6.45, 7) is 8.83. The first-order valence-electron chi connectivity index (χ1n) is 7.68. The monoisotopic (exact) mass is 278 g/mol. The number of nitrogens with zero attached hydrogens (tertiary/aromatic N) is 1. The van der Waals surface area contributed by atoms with Gasteiger partial charge in [-0.1, -0.05) is 32.9 Å². The summed E-state index contributed by atoms with van der Waals surface area (Å²) in [4.78, 5) is 0. The van der Waals surface area contributed by atoms with Crippen molar-refractivity contribution in [2.75, 3.05) is 34.3 Å². The number of ether oxygens (including phenoxy) is 1. The van der Waals surface area contributed by atoms with Crippen LogP contribution in [0.1, 0.15) is 39.2 Å². The molecular weight excluding hydrogens is 246 g/mol. The highest BCUT2D eigenvalue weighted by Gasteiger charge is 2.11. The average molecular weight is 278 g/mol. The van der Waals surface area contributed by atoms with Crippen LogP contribution in [0.15, 0.2) is 24.3 Å². The van der Waals surface area contributed by atoms with Crippen molar-refractivity contribution in [3.8, 4) is 5.75 Å². The van der Waals surface area contributed by atoms with Crippen molar-refractivity contribution in [2.24, 2.45) is 5.41 Å². The third kappa shape index (κ3) is 8.21. The Balaban J connectivity index is 2.28. The Bertz CT molecular complexity index is 381. The van der Waals surface area contributed by atoms with Gasteiger partial charge in [-0.3, -0.25) is 0 Å². The van der Waals surface area contributed by atoms with E-state index in [0.717, 1.165) is 29.7 Å². The molecule has 0 aliphatic heterocycles. The Morgan fingerprint density at radius 1 is 0.950 bits per heavy atom. The molecule has 2 heteroatoms. The number of hydrogen-bond acceptors (Lipinski definition) is 1. The van der Waals surface area contributed by atoms with Gasteiger partial charge in [-0.15, -0.1) is 0 Å². The van der Waals surface area contributed by atoms with Crippen LogP contribution in [0.2, 0.25) is 0 Å². The van der Waals surface area contributed by atoms with E-state index in [0.29, 0.717) is 5.41 Å². The minimum atomic E-state index is 0.341. The molecular formula is C18H32NO+. The fourth-order valence-electron chi connectivity index (χ4n) is 2.19. The molecule has 1 aromatic carbocycles. The molecule has 0 N–H and O–H groups in total. The fraction of sp³-hybridized carbons (Fsp3) is 0.667. The molecule has 0 aliphatic carbocycles. The van der Waals surface area contributed by atoms with Crippen molar-refractivity contribution in [3.05, 3.63) is 29.8 Å². The summed E-state index contributed by atoms with van der Waals surface area (Å²) in [5.41, 5.74) is 1.73. The second-order valence-electron chi connectivity index (χ2n) is 7.95. The summed E-state index contributed by atoms with van der Waals surface area (Å²) >= 11 is 0. The number of benzene rings is 1. The third-order valence-electron chi connectivity index (χ3n) is 3.15. The maximum Gasteiger partial charge on any atom is 0.119 e. The topological polar surface area (TPSA) is 9.23 Å². The van der Waals surface area contributed by atoms with E-state index in [1.54, 1.807) is 0 Å². The predicted molar refractivity (Wildman–Crippen MR) is 87.2 cm³/mol. The van der Waals surface area contributed by atoms with E-state index in [2.05, 4.69) is 66.2 Å². The predicted octanol–water partition coefficient (Wildman–Crippen LogP) is 4.14. The minimum Gasteiger partial charge on any atom is -0.494 e. The molecule has 0 heterocycles. The highest BCUT2D eigenvalue weighted by molar-refractivity contribution is 5.27. The maximum atomic E-state index is 5.80. The number of rotatable bonds is 7. The summed E-state index contributed by atoms with van der Waals surface area (Å²) in [6.07, 6.45) is 3.45. The molecule has 0 fully saturated rings. The van der Waals surface area contributed by atoms with Gasteiger partial charge in [-0.2, -0.15) is 0 Å². The Labute approximate surface area is 125 Å². The number of hydrogen-bond donors (Lipinski definition) is 0. The summed E-state index contributed by atoms with van der Waals surface area (Å²) < 4.78 is 6.83. The van der Waals surface area contributed by atoms with Crippen molar-refractivity contribution in [2.45, 2.75) is 40.0 Å². The van der Waals surface area contributed by atoms with E-state index in [-0.39, 0.29) is 0 Å². The van der Waals surface area contributed by atoms with Crippen LogP contribution < -0.4 is 4.74 Å². The zero-order valence-corrected chi connectivity index (χ0v) is 14.2. The summed E-state index contributed by atoms with van der Waals surface area (Å²) in [5, 5.41) is 0. The Morgan fingerprint density at radius 3 is 2.05 bits per heavy atom. The van der Waals surface area contributed by atoms with Crippen LogP contribution in [0, 0.1) is 5.41 Å². The SMILES string of the molecule is CC(C)(C)Cc1ccc(OCCCC[N+](C)(C)C)cc1. The lowest BCUT2D eigenvalue weighted by Gasteiger charge is -2.23. The third-order valence-corrected chi connectivity index (χ3v) is 3.15. The zero-order chi connectivity index (χ0) is 15.2. The molecule has 0 radical (unpaired) electrons. The normalized spacial score (nSPS) is 12.5. The molecule has 0 saturated heterocycles. The average Bonchev–Trinajstić information content (AvgIpc) is 2.27. The van der Waals surface area contributed by atoms with Crippen LogP contribution in [0.25, 0.3) is 0 Å². The van der Waals surface area contributed by atoms with E-state index >= 15 is 0 Å². The molecule has 2 nitrogen and oxygen atoms in total. The van der Waals surface area contributed by atoms with Crippen molar-refractivity contribution in [3.63, 3.8) is 0 Å². The molecule has 20 heavy (non-hydrogen) atoms. The number of quaternary nitrogens is 1. The van der Waals surface area contributed by atoms with E-state index < -0.39 is 0 Å². The summed E-state index contributed by atoms with van der Waals surface area (Å²) in [5.74, 6) is 0.993. The van der Waals surface area contributed by atoms with Crippen molar-refractivity contribution < 1.29 is 9.22 Å². The van der Waals surface area contributed by atoms with E-state index in [9.17, 15) is 0 Å². The van der Waals surface area contributed by atoms with Gasteiger partial charge in [0.25, 0.3) is 0 Å². The molecule has 0 saturated carbocycles. The largest absolute Gasteiger partial charge is 0.494 e. The van der Waals surface area contributed by atoms with E-state index in [4.69, 9.17) is 4.74 Å². The second-order valence-corrected chi connectivity index (χ2v) is 7.95. The lowest BCUT2D eigenvalue weighted by Crippen LogP contribution is -2.35. The van der Waals surface area contributed by atoms with Gasteiger partial charge in [-0.05, 0) is 42.4 Å². The molecule has 0 bridgehead atoms. The molecule has 0 spiro atoms. The molecule has 114 valence electrons. The van der Waals surface area contributed by atoms with Gasteiger partial charge in [-0.25, -0.2) is 0 Å². The maximum absolute atomic E-state index is 5.80. The molecule has 0 atom stereocenters. The van der Waals surface area contributed by atoms with Crippen molar-refractivity contribution in [1.29, 1.82) is 0 Å². The Morgan fingerprint density at radius 2 is 1.55 bits per heavy atom. The smallest absolute Gasteiger partial charge is 0.119 e. The van der Waals surface area contributed by atoms with E-state index in [1.807, 2.05) is 0 Å². The molecule has 0 aromatic heterocycles. The highest BCUT2D eigenvalue weighted by atomic mass is 16.5. The molecule has 0 aliphatic rings. The summed E-state index contributed by atoms with van der Waals surface area (Å²) in [7, 11) is 6.69. The van der Waals surface area contributed by atoms with Gasteiger partial charge in [0.05, 0.1) is 34.3 Å². The van der Waals surface area contributed by atoms with Crippen LogP contribution in [-0.4, -0.2) is 38.8 Å². The quantitative estimate of drug-likeness (QED) is 0.538. The summed E-state index contributed by atoms with van der Waals surface area (Å²) in [6, 6.07) is 8.57. The molecule has 0 amide bonds. The Kier molecular flexibility index (Phi) is 6.07. The van der Waals surface area contributed by atoms with Gasteiger partial charge >= 0.3 is 0 Å². The first-order chi connectivity index (χ1) is 9.16. The first-order valence-corrected chi connectivity index (χ1v) is 7.68. The standard InChI is InChI=1S/C18H32NO/c1-18(2,3)15-16-9-11-17(12-10-16)20-14-8-7-13-19(4,5)6/h9-12H,7-8,13-15H2,1-6H3/q+1. The van der Waals surface area contributed by atoms with Gasteiger partial charge in [0, 0.05) is 0 Å². The van der Waals surface area contributed by atoms with Crippen LogP contribution in [-0.2, 0) is 6.42 Å². The molecule has 1 rings (SSSR count). The minimum absolute atomic E-state index is 0.341. The number of unbranched alkanes of at least 4 members (excludes halogenated alkanes) is 1. The molecule has 1 aromatic rings. The van der Waals surface area contributed by atoms with Gasteiger partial charge in [0.1, 0.15) is 5.75 Å². The molecule has 0 unspecified atom stereocenters. The van der Waals surface area contributed by atoms with Crippen LogP contribution in [0.5, 0.6) is 5.75 Å². The van der Waals surface area contributed by atoms with Gasteiger partial charge in [0.15, 0.2) is 0 Å². The van der Waals surface area contributed by atoms with E-state index in [1.165, 1.54) is 18.5 Å². The fourth-order valence-corrected chi connectivity index (χ4v) is 2.19. The van der Waals surface area contributed by atoms with Crippen molar-refractivity contribution in [1.82, 2.24) is 0 Å². The van der Waals surface area contributed by atoms with Crippen LogP contribution >= 0.6 is 0 Å². The van der Waals surface area contributed by atoms with Crippen LogP contribution in [0.3, 0.4) is 0 Å². The van der Waals surface area contributed by atoms with Gasteiger partial charge < -0.3 is 9.22 Å². The van der Waals surface area contributed by atoms with Crippen LogP contribution in [0.4, 0.5) is 0 Å². The van der Waals surface area contributed by atoms with Gasteiger partial charge in [0.2, 0.25) is 0 Å². The highest BCUT2D eigenvalue weighted by Crippen LogP contribution is 2.22. The Hall–Kier alpha value is -1.02. The zero-order valence-electron chi connectivity index (χ0n) is 14.2.